The third-order valence-electron chi connectivity index (χ3n) is 13.3. The maximum atomic E-state index is 13.0. The fourth-order valence-electron chi connectivity index (χ4n) is 9.70. The van der Waals surface area contributed by atoms with Crippen molar-refractivity contribution < 1.29 is 85.7 Å². The van der Waals surface area contributed by atoms with Gasteiger partial charge in [-0.2, -0.15) is 0 Å². The van der Waals surface area contributed by atoms with Gasteiger partial charge in [0, 0.05) is 48.5 Å². The van der Waals surface area contributed by atoms with Crippen molar-refractivity contribution in [3.63, 3.8) is 0 Å². The minimum Gasteiger partial charge on any atom is -0.463 e. The first kappa shape index (κ1) is 66.2. The minimum atomic E-state index is -1.77. The van der Waals surface area contributed by atoms with E-state index in [0.29, 0.717) is 0 Å². The maximum absolute atomic E-state index is 13.0. The lowest BCUT2D eigenvalue weighted by molar-refractivity contribution is -0.361. The molecule has 2 aliphatic rings. The Kier molecular flexibility index (Phi) is 35.4. The Morgan fingerprint density at radius 2 is 0.649 bits per heavy atom. The molecule has 2 heterocycles. The molecule has 0 unspecified atom stereocenters. The summed E-state index contributed by atoms with van der Waals surface area (Å²) >= 11 is 0. The van der Waals surface area contributed by atoms with Gasteiger partial charge in [0.15, 0.2) is 43.1 Å². The molecular weight excluding hydrogens is 961 g/mol. The molecule has 0 aromatic heterocycles. The van der Waals surface area contributed by atoms with Crippen LogP contribution in [0.1, 0.15) is 229 Å². The molecule has 0 aromatic carbocycles. The Bertz CT molecular complexity index is 1580. The summed E-state index contributed by atoms with van der Waals surface area (Å²) in [5, 5.41) is 0. The number of carbonyl (C=O) groups is 7. The van der Waals surface area contributed by atoms with Crippen LogP contribution in [0.3, 0.4) is 0 Å². The van der Waals surface area contributed by atoms with E-state index >= 15 is 0 Å². The molecule has 18 nitrogen and oxygen atoms in total. The lowest BCUT2D eigenvalue weighted by atomic mass is 9.94. The minimum absolute atomic E-state index is 0.119. The van der Waals surface area contributed by atoms with Gasteiger partial charge in [0.05, 0.1) is 6.61 Å². The highest BCUT2D eigenvalue weighted by molar-refractivity contribution is 5.69. The summed E-state index contributed by atoms with van der Waals surface area (Å²) in [6.07, 6.45) is 16.3. The fraction of sp³-hybridized carbons (Fsp3) is 0.875. The number of esters is 7. The summed E-state index contributed by atoms with van der Waals surface area (Å²) in [6.45, 7) is 11.5. The number of hydrogen-bond acceptors (Lipinski definition) is 18. The zero-order valence-electron chi connectivity index (χ0n) is 46.7. The van der Waals surface area contributed by atoms with Crippen molar-refractivity contribution in [3.8, 4) is 0 Å². The maximum Gasteiger partial charge on any atom is 0.303 e. The van der Waals surface area contributed by atoms with Crippen molar-refractivity contribution >= 4 is 41.8 Å². The standard InChI is InChI=1S/C56H96O18/c1-10-12-14-16-18-20-22-24-26-28-30-32-34-46(35-33-31-29-27-25-23-21-19-17-15-13-11-2)36-66-55-53(70-44(8)62)52(69-43(7)61)50(48(72-55)38-65-40(4)58)74-56-54(71-45(9)63)51(68-42(6)60)49(67-41(5)59)47(73-56)37-64-39(3)57/h46-56H,10-38H2,1-9H3/t47-,48-,49-,50-,51+,52+,53-,54-,55-,56+/m1/s1. The highest BCUT2D eigenvalue weighted by Gasteiger charge is 2.57. The van der Waals surface area contributed by atoms with Gasteiger partial charge in [-0.25, -0.2) is 0 Å². The first-order chi connectivity index (χ1) is 35.5. The average molecular weight is 1060 g/mol. The number of unbranched alkanes of at least 4 members (excludes halogenated alkanes) is 22. The van der Waals surface area contributed by atoms with E-state index in [-0.39, 0.29) is 12.5 Å². The molecule has 0 bridgehead atoms. The van der Waals surface area contributed by atoms with Crippen LogP contribution in [0.4, 0.5) is 0 Å². The van der Waals surface area contributed by atoms with Crippen LogP contribution < -0.4 is 0 Å². The number of rotatable bonds is 40. The summed E-state index contributed by atoms with van der Waals surface area (Å²) in [5.74, 6) is -5.46. The van der Waals surface area contributed by atoms with Crippen molar-refractivity contribution in [2.24, 2.45) is 5.92 Å². The smallest absolute Gasteiger partial charge is 0.303 e. The molecule has 2 aliphatic heterocycles. The predicted molar refractivity (Wildman–Crippen MR) is 274 cm³/mol. The molecule has 2 fully saturated rings. The van der Waals surface area contributed by atoms with Gasteiger partial charge in [0.2, 0.25) is 0 Å². The third-order valence-corrected chi connectivity index (χ3v) is 13.3. The second-order valence-electron chi connectivity index (χ2n) is 20.2. The molecule has 2 rings (SSSR count). The summed E-state index contributed by atoms with van der Waals surface area (Å²) in [4.78, 5) is 87.9. The highest BCUT2D eigenvalue weighted by Crippen LogP contribution is 2.36. The molecule has 0 saturated carbocycles. The van der Waals surface area contributed by atoms with Crippen LogP contribution in [0.2, 0.25) is 0 Å². The summed E-state index contributed by atoms with van der Waals surface area (Å²) in [5.41, 5.74) is 0. The SMILES string of the molecule is CCCCCCCCCCCCCCC(CCCCCCCCCCCCCC)CO[C@@H]1O[C@H](COC(C)=O)[C@@H](O[C@@H]2O[C@H](COC(C)=O)[C@@H](OC(C)=O)[C@H](OC(C)=O)[C@H]2OC(C)=O)[C@H](OC(C)=O)[C@H]1OC(C)=O. The van der Waals surface area contributed by atoms with Crippen LogP contribution in [-0.2, 0) is 85.7 Å². The molecule has 10 atom stereocenters. The molecule has 0 spiro atoms. The van der Waals surface area contributed by atoms with Gasteiger partial charge in [-0.15, -0.1) is 0 Å². The zero-order chi connectivity index (χ0) is 54.7. The van der Waals surface area contributed by atoms with Crippen LogP contribution in [0.5, 0.6) is 0 Å². The number of hydrogen-bond donors (Lipinski definition) is 0. The van der Waals surface area contributed by atoms with Crippen molar-refractivity contribution in [1.29, 1.82) is 0 Å². The largest absolute Gasteiger partial charge is 0.463 e. The monoisotopic (exact) mass is 1060 g/mol. The Hall–Kier alpha value is -3.87. The molecule has 2 saturated heterocycles. The lowest BCUT2D eigenvalue weighted by Crippen LogP contribution is -2.67. The van der Waals surface area contributed by atoms with Crippen LogP contribution in [0.25, 0.3) is 0 Å². The molecule has 0 radical (unpaired) electrons. The van der Waals surface area contributed by atoms with Crippen molar-refractivity contribution in [1.82, 2.24) is 0 Å². The molecular formula is C56H96O18. The van der Waals surface area contributed by atoms with E-state index in [1.807, 2.05) is 0 Å². The molecule has 0 N–H and O–H groups in total. The second kappa shape index (κ2) is 39.5. The molecule has 0 amide bonds. The summed E-state index contributed by atoms with van der Waals surface area (Å²) in [7, 11) is 0. The van der Waals surface area contributed by atoms with Gasteiger partial charge < -0.3 is 52.1 Å². The van der Waals surface area contributed by atoms with Crippen molar-refractivity contribution in [2.45, 2.75) is 291 Å². The molecule has 74 heavy (non-hydrogen) atoms. The summed E-state index contributed by atoms with van der Waals surface area (Å²) in [6, 6.07) is 0. The van der Waals surface area contributed by atoms with Crippen LogP contribution in [-0.4, -0.2) is 123 Å². The Morgan fingerprint density at radius 3 is 1.01 bits per heavy atom. The van der Waals surface area contributed by atoms with E-state index in [9.17, 15) is 33.6 Å². The Morgan fingerprint density at radius 1 is 0.351 bits per heavy atom. The van der Waals surface area contributed by atoms with E-state index in [1.54, 1.807) is 0 Å². The lowest BCUT2D eigenvalue weighted by Gasteiger charge is -2.48. The third kappa shape index (κ3) is 28.9. The Balaban J connectivity index is 2.42. The second-order valence-corrected chi connectivity index (χ2v) is 20.2. The molecule has 18 heteroatoms. The first-order valence-corrected chi connectivity index (χ1v) is 28.2. The van der Waals surface area contributed by atoms with Crippen LogP contribution in [0.15, 0.2) is 0 Å². The van der Waals surface area contributed by atoms with Gasteiger partial charge in [0.25, 0.3) is 0 Å². The summed E-state index contributed by atoms with van der Waals surface area (Å²) < 4.78 is 65.0. The van der Waals surface area contributed by atoms with Crippen LogP contribution in [0, 0.1) is 5.92 Å². The molecule has 428 valence electrons. The normalized spacial score (nSPS) is 23.6. The molecule has 0 aromatic rings. The number of carbonyl (C=O) groups excluding carboxylic acids is 7. The van der Waals surface area contributed by atoms with Gasteiger partial charge in [0.1, 0.15) is 31.5 Å². The van der Waals surface area contributed by atoms with E-state index in [1.165, 1.54) is 129 Å². The first-order valence-electron chi connectivity index (χ1n) is 28.2. The van der Waals surface area contributed by atoms with Gasteiger partial charge in [-0.05, 0) is 18.8 Å². The van der Waals surface area contributed by atoms with Gasteiger partial charge >= 0.3 is 41.8 Å². The quantitative estimate of drug-likeness (QED) is 0.0316. The predicted octanol–water partition coefficient (Wildman–Crippen LogP) is 10.4. The van der Waals surface area contributed by atoms with E-state index < -0.39 is 116 Å². The highest BCUT2D eigenvalue weighted by atomic mass is 16.8. The number of ether oxygens (including phenoxy) is 11. The van der Waals surface area contributed by atoms with Crippen molar-refractivity contribution in [3.05, 3.63) is 0 Å². The van der Waals surface area contributed by atoms with Crippen molar-refractivity contribution in [2.75, 3.05) is 19.8 Å². The van der Waals surface area contributed by atoms with Crippen LogP contribution >= 0.6 is 0 Å². The van der Waals surface area contributed by atoms with E-state index in [2.05, 4.69) is 13.8 Å². The fourth-order valence-corrected chi connectivity index (χ4v) is 9.70. The molecule has 0 aliphatic carbocycles. The van der Waals surface area contributed by atoms with E-state index in [4.69, 9.17) is 52.1 Å². The average Bonchev–Trinajstić information content (AvgIpc) is 3.32. The topological polar surface area (TPSA) is 221 Å². The van der Waals surface area contributed by atoms with Gasteiger partial charge in [-0.3, -0.25) is 33.6 Å². The Labute approximate surface area is 442 Å². The zero-order valence-corrected chi connectivity index (χ0v) is 46.7. The van der Waals surface area contributed by atoms with E-state index in [0.717, 1.165) is 86.0 Å². The van der Waals surface area contributed by atoms with Gasteiger partial charge in [-0.1, -0.05) is 168 Å².